The minimum atomic E-state index is -0.279. The van der Waals surface area contributed by atoms with E-state index in [0.717, 1.165) is 16.7 Å². The topological polar surface area (TPSA) is 74.7 Å². The largest absolute Gasteiger partial charge is 0.311 e. The molecule has 0 spiro atoms. The molecule has 0 saturated carbocycles. The third-order valence-corrected chi connectivity index (χ3v) is 5.04. The van der Waals surface area contributed by atoms with Crippen LogP contribution < -0.4 is 5.32 Å². The maximum atomic E-state index is 13.3. The number of pyridine rings is 1. The van der Waals surface area contributed by atoms with Crippen LogP contribution in [0, 0.1) is 0 Å². The van der Waals surface area contributed by atoms with E-state index in [9.17, 15) is 9.59 Å². The van der Waals surface area contributed by atoms with Crippen LogP contribution in [0.3, 0.4) is 0 Å². The number of carbonyl (C=O) groups is 2. The molecule has 1 aromatic heterocycles. The summed E-state index contributed by atoms with van der Waals surface area (Å²) < 4.78 is 0. The molecule has 2 aromatic rings. The number of amides is 2. The lowest BCUT2D eigenvalue weighted by molar-refractivity contribution is -0.121. The van der Waals surface area contributed by atoms with Gasteiger partial charge in [0.1, 0.15) is 11.7 Å². The maximum absolute atomic E-state index is 13.3. The molecule has 0 atom stereocenters. The van der Waals surface area contributed by atoms with Crippen molar-refractivity contribution < 1.29 is 9.59 Å². The van der Waals surface area contributed by atoms with Crippen LogP contribution in [0.2, 0.25) is 5.02 Å². The summed E-state index contributed by atoms with van der Waals surface area (Å²) in [4.78, 5) is 34.7. The van der Waals surface area contributed by atoms with Crippen molar-refractivity contribution in [3.05, 3.63) is 83.4 Å². The SMILES string of the molecule is C=C(/N=C1\C(=C/C)C=C(c2ccc(-c3cccnc3)cc2Cl)C(=O)N1CC)NC(C)=O. The molecule has 0 radical (unpaired) electrons. The van der Waals surface area contributed by atoms with Gasteiger partial charge >= 0.3 is 0 Å². The normalized spacial score (nSPS) is 16.5. The summed E-state index contributed by atoms with van der Waals surface area (Å²) in [5.41, 5.74) is 3.70. The molecule has 2 heterocycles. The standard InChI is InChI=1S/C24H23ClN4O2/c1-5-17-12-21(24(31)29(6-2)23(17)28-15(3)27-16(4)30)20-10-9-18(13-22(20)25)19-8-7-11-26-14-19/h5,7-14H,3,6H2,1-2,4H3,(H,27,30)/b17-5-,28-23+. The summed E-state index contributed by atoms with van der Waals surface area (Å²) in [5.74, 6) is 0.0983. The monoisotopic (exact) mass is 434 g/mol. The minimum Gasteiger partial charge on any atom is -0.311 e. The quantitative estimate of drug-likeness (QED) is 0.747. The van der Waals surface area contributed by atoms with Gasteiger partial charge in [0.2, 0.25) is 5.91 Å². The second kappa shape index (κ2) is 9.53. The fourth-order valence-electron chi connectivity index (χ4n) is 3.31. The fraction of sp³-hybridized carbons (Fsp3) is 0.167. The number of hydrogen-bond acceptors (Lipinski definition) is 4. The van der Waals surface area contributed by atoms with Gasteiger partial charge in [-0.3, -0.25) is 19.5 Å². The van der Waals surface area contributed by atoms with E-state index in [1.165, 1.54) is 6.92 Å². The van der Waals surface area contributed by atoms with Gasteiger partial charge in [-0.1, -0.05) is 42.5 Å². The zero-order valence-corrected chi connectivity index (χ0v) is 18.4. The first-order chi connectivity index (χ1) is 14.8. The molecular formula is C24H23ClN4O2. The van der Waals surface area contributed by atoms with Crippen LogP contribution >= 0.6 is 11.6 Å². The third-order valence-electron chi connectivity index (χ3n) is 4.73. The van der Waals surface area contributed by atoms with Crippen molar-refractivity contribution in [3.8, 4) is 11.1 Å². The molecule has 0 aliphatic carbocycles. The predicted octanol–water partition coefficient (Wildman–Crippen LogP) is 4.60. The number of allylic oxidation sites excluding steroid dienone is 1. The molecule has 0 bridgehead atoms. The molecule has 0 unspecified atom stereocenters. The summed E-state index contributed by atoms with van der Waals surface area (Å²) in [7, 11) is 0. The number of halogens is 1. The number of hydrogen-bond donors (Lipinski definition) is 1. The smallest absolute Gasteiger partial charge is 0.260 e. The zero-order valence-electron chi connectivity index (χ0n) is 17.6. The maximum Gasteiger partial charge on any atom is 0.260 e. The Morgan fingerprint density at radius 3 is 2.68 bits per heavy atom. The second-order valence-corrected chi connectivity index (χ2v) is 7.26. The summed E-state index contributed by atoms with van der Waals surface area (Å²) in [6.07, 6.45) is 7.09. The summed E-state index contributed by atoms with van der Waals surface area (Å²) in [5, 5.41) is 3.00. The fourth-order valence-corrected chi connectivity index (χ4v) is 3.59. The van der Waals surface area contributed by atoms with Gasteiger partial charge < -0.3 is 5.32 Å². The Morgan fingerprint density at radius 2 is 2.10 bits per heavy atom. The van der Waals surface area contributed by atoms with Crippen LogP contribution in [0.25, 0.3) is 16.7 Å². The molecular weight excluding hydrogens is 412 g/mol. The second-order valence-electron chi connectivity index (χ2n) is 6.85. The Morgan fingerprint density at radius 1 is 1.32 bits per heavy atom. The molecule has 1 aliphatic rings. The van der Waals surface area contributed by atoms with Crippen molar-refractivity contribution in [1.29, 1.82) is 0 Å². The first-order valence-electron chi connectivity index (χ1n) is 9.81. The third kappa shape index (κ3) is 4.81. The lowest BCUT2D eigenvalue weighted by Crippen LogP contribution is -2.41. The number of aliphatic imine (C=N–C) groups is 1. The van der Waals surface area contributed by atoms with Gasteiger partial charge in [0.25, 0.3) is 5.91 Å². The molecule has 2 amide bonds. The van der Waals surface area contributed by atoms with Gasteiger partial charge in [-0.05, 0) is 37.6 Å². The highest BCUT2D eigenvalue weighted by molar-refractivity contribution is 6.37. The molecule has 1 N–H and O–H groups in total. The van der Waals surface area contributed by atoms with Crippen molar-refractivity contribution in [2.45, 2.75) is 20.8 Å². The van der Waals surface area contributed by atoms with E-state index in [0.29, 0.717) is 28.5 Å². The van der Waals surface area contributed by atoms with Gasteiger partial charge in [0.05, 0.1) is 0 Å². The van der Waals surface area contributed by atoms with Crippen LogP contribution in [0.4, 0.5) is 0 Å². The van der Waals surface area contributed by atoms with E-state index in [-0.39, 0.29) is 17.6 Å². The van der Waals surface area contributed by atoms with Crippen molar-refractivity contribution in [1.82, 2.24) is 15.2 Å². The Kier molecular flexibility index (Phi) is 6.82. The zero-order chi connectivity index (χ0) is 22.5. The Labute approximate surface area is 186 Å². The molecule has 7 heteroatoms. The van der Waals surface area contributed by atoms with E-state index in [2.05, 4.69) is 21.9 Å². The van der Waals surface area contributed by atoms with Crippen LogP contribution in [0.15, 0.2) is 77.8 Å². The number of amidine groups is 1. The molecule has 3 rings (SSSR count). The van der Waals surface area contributed by atoms with Gasteiger partial charge in [-0.25, -0.2) is 4.99 Å². The molecule has 1 aliphatic heterocycles. The van der Waals surface area contributed by atoms with Crippen molar-refractivity contribution in [3.63, 3.8) is 0 Å². The average Bonchev–Trinajstić information content (AvgIpc) is 2.74. The minimum absolute atomic E-state index is 0.170. The highest BCUT2D eigenvalue weighted by Gasteiger charge is 2.30. The molecule has 158 valence electrons. The Balaban J connectivity index is 2.04. The highest BCUT2D eigenvalue weighted by Crippen LogP contribution is 2.33. The van der Waals surface area contributed by atoms with E-state index in [1.54, 1.807) is 23.4 Å². The van der Waals surface area contributed by atoms with Crippen LogP contribution in [-0.2, 0) is 9.59 Å². The Hall–Kier alpha value is -3.51. The van der Waals surface area contributed by atoms with E-state index in [4.69, 9.17) is 11.6 Å². The Bertz CT molecular complexity index is 1130. The van der Waals surface area contributed by atoms with Crippen LogP contribution in [-0.4, -0.2) is 34.1 Å². The number of carbonyl (C=O) groups excluding carboxylic acids is 2. The number of benzene rings is 1. The molecule has 0 fully saturated rings. The molecule has 6 nitrogen and oxygen atoms in total. The lowest BCUT2D eigenvalue weighted by atomic mass is 9.95. The molecule has 0 saturated heterocycles. The van der Waals surface area contributed by atoms with Crippen LogP contribution in [0.1, 0.15) is 26.3 Å². The van der Waals surface area contributed by atoms with Crippen LogP contribution in [0.5, 0.6) is 0 Å². The predicted molar refractivity (Wildman–Crippen MR) is 124 cm³/mol. The first kappa shape index (κ1) is 22.2. The van der Waals surface area contributed by atoms with E-state index in [1.807, 2.05) is 50.3 Å². The summed E-state index contributed by atoms with van der Waals surface area (Å²) in [6, 6.07) is 9.40. The lowest BCUT2D eigenvalue weighted by Gasteiger charge is -2.29. The van der Waals surface area contributed by atoms with Gasteiger partial charge in [0, 0.05) is 53.2 Å². The molecule has 31 heavy (non-hydrogen) atoms. The van der Waals surface area contributed by atoms with E-state index >= 15 is 0 Å². The molecule has 1 aromatic carbocycles. The number of aromatic nitrogens is 1. The number of nitrogens with one attached hydrogen (secondary N) is 1. The number of rotatable bonds is 5. The van der Waals surface area contributed by atoms with Crippen molar-refractivity contribution >= 4 is 34.8 Å². The van der Waals surface area contributed by atoms with Gasteiger partial charge in [-0.15, -0.1) is 0 Å². The summed E-state index contributed by atoms with van der Waals surface area (Å²) in [6.45, 7) is 9.24. The van der Waals surface area contributed by atoms with E-state index < -0.39 is 0 Å². The highest BCUT2D eigenvalue weighted by atomic mass is 35.5. The van der Waals surface area contributed by atoms with Crippen molar-refractivity contribution in [2.75, 3.05) is 6.54 Å². The number of nitrogens with zero attached hydrogens (tertiary/aromatic N) is 3. The number of likely N-dealkylation sites (N-methyl/N-ethyl adjacent to an activating group) is 1. The average molecular weight is 435 g/mol. The summed E-state index contributed by atoms with van der Waals surface area (Å²) >= 11 is 6.59. The van der Waals surface area contributed by atoms with Crippen molar-refractivity contribution in [2.24, 2.45) is 4.99 Å². The first-order valence-corrected chi connectivity index (χ1v) is 10.2. The van der Waals surface area contributed by atoms with Gasteiger partial charge in [-0.2, -0.15) is 0 Å². The van der Waals surface area contributed by atoms with Gasteiger partial charge in [0.15, 0.2) is 0 Å².